The average Bonchev–Trinajstić information content (AvgIpc) is 2.67. The van der Waals surface area contributed by atoms with E-state index in [2.05, 4.69) is 62.5 Å². The van der Waals surface area contributed by atoms with Crippen molar-refractivity contribution < 1.29 is 4.79 Å². The maximum atomic E-state index is 12.2. The Kier molecular flexibility index (Phi) is 6.15. The lowest BCUT2D eigenvalue weighted by Crippen LogP contribution is -2.10. The normalized spacial score (nSPS) is 15.8. The SMILES string of the molecule is CC(C)(C)c1ccc(/C=C/C(=O)Nc2ccc(C3CCCCC3)cc2)cc1. The van der Waals surface area contributed by atoms with Gasteiger partial charge in [0.1, 0.15) is 0 Å². The molecule has 2 nitrogen and oxygen atoms in total. The highest BCUT2D eigenvalue weighted by Gasteiger charge is 2.15. The zero-order valence-electron chi connectivity index (χ0n) is 16.8. The molecule has 1 saturated carbocycles. The molecular formula is C25H31NO. The van der Waals surface area contributed by atoms with Crippen LogP contribution in [-0.4, -0.2) is 5.91 Å². The largest absolute Gasteiger partial charge is 0.323 e. The van der Waals surface area contributed by atoms with Gasteiger partial charge in [-0.1, -0.05) is 76.4 Å². The Balaban J connectivity index is 1.56. The molecule has 2 heteroatoms. The second kappa shape index (κ2) is 8.56. The van der Waals surface area contributed by atoms with E-state index < -0.39 is 0 Å². The van der Waals surface area contributed by atoms with Crippen LogP contribution in [0.3, 0.4) is 0 Å². The first-order valence-electron chi connectivity index (χ1n) is 10.1. The Morgan fingerprint density at radius 2 is 1.56 bits per heavy atom. The summed E-state index contributed by atoms with van der Waals surface area (Å²) in [5.41, 5.74) is 4.73. The van der Waals surface area contributed by atoms with Crippen LogP contribution in [0.1, 0.15) is 75.5 Å². The van der Waals surface area contributed by atoms with Crippen molar-refractivity contribution in [1.82, 2.24) is 0 Å². The van der Waals surface area contributed by atoms with Crippen LogP contribution in [0.15, 0.2) is 54.6 Å². The predicted octanol–water partition coefficient (Wildman–Crippen LogP) is 6.68. The third-order valence-electron chi connectivity index (χ3n) is 5.46. The van der Waals surface area contributed by atoms with Gasteiger partial charge in [0.25, 0.3) is 0 Å². The van der Waals surface area contributed by atoms with E-state index in [0.29, 0.717) is 5.92 Å². The Bertz CT molecular complexity index is 773. The Hall–Kier alpha value is -2.35. The fourth-order valence-corrected chi connectivity index (χ4v) is 3.72. The fourth-order valence-electron chi connectivity index (χ4n) is 3.72. The molecule has 0 bridgehead atoms. The molecular weight excluding hydrogens is 330 g/mol. The Labute approximate surface area is 163 Å². The molecule has 1 amide bonds. The van der Waals surface area contributed by atoms with Crippen LogP contribution in [0.2, 0.25) is 0 Å². The summed E-state index contributed by atoms with van der Waals surface area (Å²) in [5, 5.41) is 2.95. The number of amides is 1. The molecule has 27 heavy (non-hydrogen) atoms. The molecule has 1 aliphatic carbocycles. The van der Waals surface area contributed by atoms with E-state index in [-0.39, 0.29) is 11.3 Å². The molecule has 2 aromatic carbocycles. The molecule has 142 valence electrons. The Morgan fingerprint density at radius 3 is 2.15 bits per heavy atom. The van der Waals surface area contributed by atoms with Crippen LogP contribution in [0.4, 0.5) is 5.69 Å². The van der Waals surface area contributed by atoms with Crippen LogP contribution < -0.4 is 5.32 Å². The van der Waals surface area contributed by atoms with Gasteiger partial charge in [0, 0.05) is 11.8 Å². The monoisotopic (exact) mass is 361 g/mol. The number of rotatable bonds is 4. The third-order valence-corrected chi connectivity index (χ3v) is 5.46. The Morgan fingerprint density at radius 1 is 0.926 bits per heavy atom. The van der Waals surface area contributed by atoms with Crippen LogP contribution in [0.5, 0.6) is 0 Å². The smallest absolute Gasteiger partial charge is 0.248 e. The molecule has 2 aromatic rings. The van der Waals surface area contributed by atoms with Crippen LogP contribution in [0, 0.1) is 0 Å². The van der Waals surface area contributed by atoms with Crippen LogP contribution >= 0.6 is 0 Å². The molecule has 0 radical (unpaired) electrons. The first kappa shape index (κ1) is 19.4. The van der Waals surface area contributed by atoms with Crippen molar-refractivity contribution in [3.8, 4) is 0 Å². The third kappa shape index (κ3) is 5.56. The minimum atomic E-state index is -0.0969. The lowest BCUT2D eigenvalue weighted by Gasteiger charge is -2.22. The summed E-state index contributed by atoms with van der Waals surface area (Å²) >= 11 is 0. The zero-order valence-corrected chi connectivity index (χ0v) is 16.8. The number of carbonyl (C=O) groups excluding carboxylic acids is 1. The summed E-state index contributed by atoms with van der Waals surface area (Å²) in [4.78, 5) is 12.2. The van der Waals surface area contributed by atoms with Gasteiger partial charge in [-0.25, -0.2) is 0 Å². The number of nitrogens with one attached hydrogen (secondary N) is 1. The van der Waals surface area contributed by atoms with Crippen LogP contribution in [-0.2, 0) is 10.2 Å². The molecule has 1 aliphatic rings. The molecule has 1 N–H and O–H groups in total. The van der Waals surface area contributed by atoms with E-state index in [1.54, 1.807) is 6.08 Å². The number of hydrogen-bond acceptors (Lipinski definition) is 1. The lowest BCUT2D eigenvalue weighted by molar-refractivity contribution is -0.111. The molecule has 0 saturated heterocycles. The summed E-state index contributed by atoms with van der Waals surface area (Å²) in [6.45, 7) is 6.60. The van der Waals surface area contributed by atoms with E-state index in [9.17, 15) is 4.79 Å². The number of benzene rings is 2. The lowest BCUT2D eigenvalue weighted by atomic mass is 9.84. The highest BCUT2D eigenvalue weighted by Crippen LogP contribution is 2.33. The molecule has 1 fully saturated rings. The molecule has 0 unspecified atom stereocenters. The topological polar surface area (TPSA) is 29.1 Å². The van der Waals surface area contributed by atoms with Crippen molar-refractivity contribution in [2.45, 2.75) is 64.2 Å². The molecule has 3 rings (SSSR count). The van der Waals surface area contributed by atoms with Gasteiger partial charge in [-0.05, 0) is 59.1 Å². The molecule has 0 aliphatic heterocycles. The van der Waals surface area contributed by atoms with Gasteiger partial charge in [0.15, 0.2) is 0 Å². The standard InChI is InChI=1S/C25H31NO/c1-25(2,3)22-14-9-19(10-15-22)11-18-24(27)26-23-16-12-21(13-17-23)20-7-5-4-6-8-20/h9-18,20H,4-8H2,1-3H3,(H,26,27)/b18-11+. The van der Waals surface area contributed by atoms with Crippen molar-refractivity contribution in [1.29, 1.82) is 0 Å². The van der Waals surface area contributed by atoms with Crippen molar-refractivity contribution in [2.75, 3.05) is 5.32 Å². The zero-order chi connectivity index (χ0) is 19.3. The molecule has 0 aromatic heterocycles. The number of carbonyl (C=O) groups is 1. The second-order valence-corrected chi connectivity index (χ2v) is 8.65. The van der Waals surface area contributed by atoms with E-state index in [1.165, 1.54) is 43.2 Å². The van der Waals surface area contributed by atoms with Gasteiger partial charge in [0.2, 0.25) is 5.91 Å². The summed E-state index contributed by atoms with van der Waals surface area (Å²) in [7, 11) is 0. The van der Waals surface area contributed by atoms with E-state index >= 15 is 0 Å². The molecule has 0 heterocycles. The van der Waals surface area contributed by atoms with Crippen molar-refractivity contribution in [3.05, 3.63) is 71.3 Å². The average molecular weight is 362 g/mol. The minimum Gasteiger partial charge on any atom is -0.323 e. The number of hydrogen-bond donors (Lipinski definition) is 1. The predicted molar refractivity (Wildman–Crippen MR) is 115 cm³/mol. The van der Waals surface area contributed by atoms with Crippen molar-refractivity contribution in [2.24, 2.45) is 0 Å². The summed E-state index contributed by atoms with van der Waals surface area (Å²) in [5.74, 6) is 0.597. The summed E-state index contributed by atoms with van der Waals surface area (Å²) in [6.07, 6.45) is 10.1. The van der Waals surface area contributed by atoms with E-state index in [0.717, 1.165) is 11.3 Å². The van der Waals surface area contributed by atoms with E-state index in [4.69, 9.17) is 0 Å². The van der Waals surface area contributed by atoms with Crippen molar-refractivity contribution >= 4 is 17.7 Å². The highest BCUT2D eigenvalue weighted by molar-refractivity contribution is 6.01. The van der Waals surface area contributed by atoms with E-state index in [1.807, 2.05) is 18.2 Å². The summed E-state index contributed by atoms with van der Waals surface area (Å²) < 4.78 is 0. The van der Waals surface area contributed by atoms with Gasteiger partial charge in [0.05, 0.1) is 0 Å². The van der Waals surface area contributed by atoms with Gasteiger partial charge in [-0.2, -0.15) is 0 Å². The maximum absolute atomic E-state index is 12.2. The highest BCUT2D eigenvalue weighted by atomic mass is 16.1. The van der Waals surface area contributed by atoms with Gasteiger partial charge in [-0.3, -0.25) is 4.79 Å². The quantitative estimate of drug-likeness (QED) is 0.604. The van der Waals surface area contributed by atoms with Gasteiger partial charge in [-0.15, -0.1) is 0 Å². The van der Waals surface area contributed by atoms with Crippen molar-refractivity contribution in [3.63, 3.8) is 0 Å². The van der Waals surface area contributed by atoms with Gasteiger partial charge >= 0.3 is 0 Å². The van der Waals surface area contributed by atoms with Gasteiger partial charge < -0.3 is 5.32 Å². The molecule has 0 spiro atoms. The first-order valence-corrected chi connectivity index (χ1v) is 10.1. The first-order chi connectivity index (χ1) is 12.9. The summed E-state index contributed by atoms with van der Waals surface area (Å²) in [6, 6.07) is 16.7. The molecule has 0 atom stereocenters. The maximum Gasteiger partial charge on any atom is 0.248 e. The fraction of sp³-hybridized carbons (Fsp3) is 0.400. The van der Waals surface area contributed by atoms with Crippen LogP contribution in [0.25, 0.3) is 6.08 Å². The second-order valence-electron chi connectivity index (χ2n) is 8.65. The number of anilines is 1. The minimum absolute atomic E-state index is 0.0969.